The first-order valence-electron chi connectivity index (χ1n) is 11.5. The van der Waals surface area contributed by atoms with Crippen molar-refractivity contribution in [3.63, 3.8) is 0 Å². The maximum atomic E-state index is 11.2. The molecule has 0 saturated heterocycles. The monoisotopic (exact) mass is 492 g/mol. The molecule has 0 rings (SSSR count). The molecule has 0 heterocycles. The number of hydrogen-bond acceptors (Lipinski definition) is 6. The fraction of sp³-hybridized carbons (Fsp3) is 0.667. The van der Waals surface area contributed by atoms with Gasteiger partial charge < -0.3 is 30.4 Å². The molecule has 0 aromatic heterocycles. The van der Waals surface area contributed by atoms with Gasteiger partial charge in [0, 0.05) is 31.9 Å². The van der Waals surface area contributed by atoms with Crippen molar-refractivity contribution in [1.82, 2.24) is 5.32 Å². The Bertz CT molecular complexity index is 592. The molecule has 33 heavy (non-hydrogen) atoms. The minimum Gasteiger partial charge on any atom is -0.862 e. The fourth-order valence-electron chi connectivity index (χ4n) is 2.38. The summed E-state index contributed by atoms with van der Waals surface area (Å²) in [6, 6.07) is 0. The van der Waals surface area contributed by atoms with Crippen molar-refractivity contribution >= 4 is 61.5 Å². The zero-order valence-electron chi connectivity index (χ0n) is 20.4. The minimum atomic E-state index is -1.09. The third-order valence-electron chi connectivity index (χ3n) is 4.06. The number of nitrogens with one attached hydrogen (secondary N) is 1. The third-order valence-corrected chi connectivity index (χ3v) is 4.06. The molecule has 0 radical (unpaired) electrons. The number of nitrogens with zero attached hydrogens (tertiary/aromatic N) is 1. The molecular formula is C24H40CaN2O6. The van der Waals surface area contributed by atoms with E-state index in [1.165, 1.54) is 0 Å². The second kappa shape index (κ2) is 28.7. The maximum Gasteiger partial charge on any atom is 2.00 e. The van der Waals surface area contributed by atoms with Crippen LogP contribution in [0, 0.1) is 0 Å². The van der Waals surface area contributed by atoms with Gasteiger partial charge in [-0.05, 0) is 70.1 Å². The topological polar surface area (TPSA) is 142 Å². The van der Waals surface area contributed by atoms with E-state index in [9.17, 15) is 24.6 Å². The molecule has 2 N–H and O–H groups in total. The van der Waals surface area contributed by atoms with Crippen LogP contribution in [-0.4, -0.2) is 79.7 Å². The van der Waals surface area contributed by atoms with Gasteiger partial charge in [0.25, 0.3) is 0 Å². The quantitative estimate of drug-likeness (QED) is 0.0987. The van der Waals surface area contributed by atoms with Crippen LogP contribution in [0.5, 0.6) is 0 Å². The zero-order valence-corrected chi connectivity index (χ0v) is 22.6. The van der Waals surface area contributed by atoms with Crippen LogP contribution in [0.4, 0.5) is 0 Å². The van der Waals surface area contributed by atoms with Gasteiger partial charge in [0.05, 0.1) is 0 Å². The van der Waals surface area contributed by atoms with Gasteiger partial charge in [-0.2, -0.15) is 0 Å². The number of carboxylic acids is 2. The number of rotatable bonds is 18. The Labute approximate surface area is 228 Å². The van der Waals surface area contributed by atoms with E-state index in [0.717, 1.165) is 38.5 Å². The molecule has 0 aliphatic carbocycles. The molecule has 1 amide bonds. The average molecular weight is 493 g/mol. The molecule has 0 fully saturated rings. The number of amides is 1. The van der Waals surface area contributed by atoms with E-state index in [1.807, 2.05) is 0 Å². The van der Waals surface area contributed by atoms with E-state index in [4.69, 9.17) is 5.11 Å². The zero-order chi connectivity index (χ0) is 24.5. The fourth-order valence-corrected chi connectivity index (χ4v) is 2.38. The van der Waals surface area contributed by atoms with Gasteiger partial charge in [-0.25, -0.2) is 0 Å². The summed E-state index contributed by atoms with van der Waals surface area (Å²) in [5, 5.41) is 32.3. The first kappa shape index (κ1) is 36.2. The molecular weight excluding hydrogens is 452 g/mol. The van der Waals surface area contributed by atoms with E-state index >= 15 is 0 Å². The van der Waals surface area contributed by atoms with Crippen molar-refractivity contribution in [3.05, 3.63) is 24.3 Å². The van der Waals surface area contributed by atoms with Crippen molar-refractivity contribution in [2.24, 2.45) is 4.99 Å². The second-order valence-corrected chi connectivity index (χ2v) is 7.14. The van der Waals surface area contributed by atoms with Crippen LogP contribution >= 0.6 is 0 Å². The summed E-state index contributed by atoms with van der Waals surface area (Å²) >= 11 is 0. The standard InChI is InChI=1S/2C12H21NO3.Ca/c2*1-2-3-4-5-6-8-11(14)13-10-7-9-12(15)16;/h2*3-4H,2,5-10H2,1H3,(H,13,14)(H,15,16);/q;;+2/p-2/b2*4-3+;. The second-order valence-electron chi connectivity index (χ2n) is 7.14. The van der Waals surface area contributed by atoms with Crippen LogP contribution in [0.1, 0.15) is 90.9 Å². The summed E-state index contributed by atoms with van der Waals surface area (Å²) in [4.78, 5) is 35.3. The summed E-state index contributed by atoms with van der Waals surface area (Å²) in [5.41, 5.74) is 0. The van der Waals surface area contributed by atoms with E-state index in [0.29, 0.717) is 32.2 Å². The molecule has 0 aromatic rings. The molecule has 0 saturated carbocycles. The molecule has 0 spiro atoms. The van der Waals surface area contributed by atoms with Crippen LogP contribution in [0.25, 0.3) is 0 Å². The smallest absolute Gasteiger partial charge is 0.862 e. The van der Waals surface area contributed by atoms with Crippen LogP contribution in [0.15, 0.2) is 29.3 Å². The normalized spacial score (nSPS) is 11.0. The molecule has 0 aromatic carbocycles. The Balaban J connectivity index is -0.000000529. The molecule has 8 nitrogen and oxygen atoms in total. The largest absolute Gasteiger partial charge is 2.00 e. The van der Waals surface area contributed by atoms with E-state index in [1.54, 1.807) is 0 Å². The number of aliphatic carboxylic acids is 2. The van der Waals surface area contributed by atoms with Gasteiger partial charge in [0.2, 0.25) is 5.91 Å². The van der Waals surface area contributed by atoms with Crippen molar-refractivity contribution in [3.8, 4) is 0 Å². The first-order valence-corrected chi connectivity index (χ1v) is 11.5. The average Bonchev–Trinajstić information content (AvgIpc) is 2.74. The van der Waals surface area contributed by atoms with Gasteiger partial charge in [0.15, 0.2) is 0 Å². The van der Waals surface area contributed by atoms with Crippen LogP contribution < -0.4 is 15.5 Å². The van der Waals surface area contributed by atoms with Crippen LogP contribution in [0.2, 0.25) is 0 Å². The van der Waals surface area contributed by atoms with Crippen molar-refractivity contribution in [1.29, 1.82) is 0 Å². The predicted octanol–water partition coefficient (Wildman–Crippen LogP) is 2.13. The Morgan fingerprint density at radius 3 is 1.91 bits per heavy atom. The molecule has 0 bridgehead atoms. The molecule has 184 valence electrons. The van der Waals surface area contributed by atoms with Crippen molar-refractivity contribution in [2.75, 3.05) is 13.1 Å². The Hall–Kier alpha value is -1.38. The molecule has 9 heteroatoms. The molecule has 0 aliphatic rings. The Morgan fingerprint density at radius 1 is 0.818 bits per heavy atom. The molecule has 0 unspecified atom stereocenters. The van der Waals surface area contributed by atoms with Gasteiger partial charge in [-0.15, -0.1) is 0 Å². The van der Waals surface area contributed by atoms with Gasteiger partial charge in [-0.1, -0.05) is 38.2 Å². The van der Waals surface area contributed by atoms with Crippen LogP contribution in [-0.2, 0) is 14.4 Å². The number of carbonyl (C=O) groups excluding carboxylic acids is 2. The first-order chi connectivity index (χ1) is 15.3. The van der Waals surface area contributed by atoms with Crippen molar-refractivity contribution in [2.45, 2.75) is 90.9 Å². The summed E-state index contributed by atoms with van der Waals surface area (Å²) in [6.07, 6.45) is 15.7. The van der Waals surface area contributed by atoms with Gasteiger partial charge >= 0.3 is 43.7 Å². The number of carbonyl (C=O) groups is 3. The van der Waals surface area contributed by atoms with E-state index in [-0.39, 0.29) is 68.9 Å². The summed E-state index contributed by atoms with van der Waals surface area (Å²) in [6.45, 7) is 4.88. The summed E-state index contributed by atoms with van der Waals surface area (Å²) < 4.78 is 0. The predicted molar refractivity (Wildman–Crippen MR) is 129 cm³/mol. The Morgan fingerprint density at radius 2 is 1.39 bits per heavy atom. The van der Waals surface area contributed by atoms with E-state index < -0.39 is 11.9 Å². The molecule has 0 aliphatic heterocycles. The number of hydrogen-bond donors (Lipinski definition) is 2. The number of carboxylic acid groups (broad SMARTS) is 2. The van der Waals surface area contributed by atoms with E-state index in [2.05, 4.69) is 48.5 Å². The number of allylic oxidation sites excluding steroid dienone is 4. The molecule has 0 atom stereocenters. The maximum absolute atomic E-state index is 11.2. The van der Waals surface area contributed by atoms with Gasteiger partial charge in [0.1, 0.15) is 0 Å². The Kier molecular flexibility index (Phi) is 31.4. The minimum absolute atomic E-state index is 0. The SMILES string of the molecule is CC/C=C/CCCC(=O)NCCCC(=O)O.CC/C=C/CCCC([O-])=NCCCC(=O)[O-].[Ca+2]. The van der Waals surface area contributed by atoms with Gasteiger partial charge in [-0.3, -0.25) is 9.59 Å². The summed E-state index contributed by atoms with van der Waals surface area (Å²) in [7, 11) is 0. The summed E-state index contributed by atoms with van der Waals surface area (Å²) in [5.74, 6) is -2.04. The number of unbranched alkanes of at least 4 members (excludes halogenated alkanes) is 2. The van der Waals surface area contributed by atoms with Crippen molar-refractivity contribution < 1.29 is 29.7 Å². The number of aliphatic imine (C=N–C) groups is 1. The third kappa shape index (κ3) is 35.4. The van der Waals surface area contributed by atoms with Crippen LogP contribution in [0.3, 0.4) is 0 Å².